The summed E-state index contributed by atoms with van der Waals surface area (Å²) in [5.41, 5.74) is 6.87. The Balaban J connectivity index is 2.15. The van der Waals surface area contributed by atoms with E-state index in [2.05, 4.69) is 26.9 Å². The Morgan fingerprint density at radius 2 is 2.33 bits per heavy atom. The van der Waals surface area contributed by atoms with Crippen LogP contribution in [0.5, 0.6) is 0 Å². The molecule has 0 aliphatic carbocycles. The molecule has 0 radical (unpaired) electrons. The summed E-state index contributed by atoms with van der Waals surface area (Å²) >= 11 is 0. The second-order valence-corrected chi connectivity index (χ2v) is 5.48. The maximum absolute atomic E-state index is 8.79. The molecule has 2 rings (SSSR count). The Kier molecular flexibility index (Phi) is 4.95. The van der Waals surface area contributed by atoms with Gasteiger partial charge in [0.15, 0.2) is 5.84 Å². The Morgan fingerprint density at radius 1 is 1.57 bits per heavy atom. The van der Waals surface area contributed by atoms with Crippen LogP contribution in [0.25, 0.3) is 0 Å². The van der Waals surface area contributed by atoms with Crippen LogP contribution in [0.15, 0.2) is 11.2 Å². The fourth-order valence-electron chi connectivity index (χ4n) is 2.82. The van der Waals surface area contributed by atoms with E-state index < -0.39 is 0 Å². The molecule has 3 N–H and O–H groups in total. The van der Waals surface area contributed by atoms with E-state index in [1.54, 1.807) is 6.07 Å². The molecule has 0 spiro atoms. The first-order valence-electron chi connectivity index (χ1n) is 7.34. The van der Waals surface area contributed by atoms with Gasteiger partial charge in [0.2, 0.25) is 5.95 Å². The molecule has 1 atom stereocenters. The number of hydrogen-bond donors (Lipinski definition) is 2. The van der Waals surface area contributed by atoms with E-state index in [1.807, 2.05) is 18.9 Å². The van der Waals surface area contributed by atoms with E-state index >= 15 is 0 Å². The van der Waals surface area contributed by atoms with E-state index in [9.17, 15) is 0 Å². The average molecular weight is 292 g/mol. The Bertz CT molecular complexity index is 518. The van der Waals surface area contributed by atoms with Crippen LogP contribution in [0.1, 0.15) is 31.2 Å². The summed E-state index contributed by atoms with van der Waals surface area (Å²) < 4.78 is 0. The molecule has 1 fully saturated rings. The van der Waals surface area contributed by atoms with E-state index in [0.717, 1.165) is 18.8 Å². The summed E-state index contributed by atoms with van der Waals surface area (Å²) in [6.07, 6.45) is 2.45. The molecule has 116 valence electrons. The molecule has 21 heavy (non-hydrogen) atoms. The Labute approximate surface area is 125 Å². The van der Waals surface area contributed by atoms with Crippen LogP contribution < -0.4 is 10.6 Å². The zero-order chi connectivity index (χ0) is 15.4. The van der Waals surface area contributed by atoms with Gasteiger partial charge in [-0.05, 0) is 38.9 Å². The zero-order valence-electron chi connectivity index (χ0n) is 13.0. The van der Waals surface area contributed by atoms with Crippen molar-refractivity contribution in [2.45, 2.75) is 32.7 Å². The Morgan fingerprint density at radius 3 is 3.00 bits per heavy atom. The molecule has 2 heterocycles. The molecule has 0 amide bonds. The van der Waals surface area contributed by atoms with Gasteiger partial charge in [0.1, 0.15) is 5.69 Å². The lowest BCUT2D eigenvalue weighted by atomic mass is 10.2. The second-order valence-electron chi connectivity index (χ2n) is 5.48. The molecule has 7 heteroatoms. The highest BCUT2D eigenvalue weighted by molar-refractivity contribution is 5.95. The number of oxime groups is 1. The monoisotopic (exact) mass is 292 g/mol. The lowest BCUT2D eigenvalue weighted by Gasteiger charge is -2.28. The van der Waals surface area contributed by atoms with Gasteiger partial charge >= 0.3 is 0 Å². The smallest absolute Gasteiger partial charge is 0.226 e. The first kappa shape index (κ1) is 15.5. The van der Waals surface area contributed by atoms with Crippen LogP contribution >= 0.6 is 0 Å². The minimum Gasteiger partial charge on any atom is -0.409 e. The number of rotatable bonds is 5. The molecule has 1 aliphatic heterocycles. The minimum absolute atomic E-state index is 0.00574. The average Bonchev–Trinajstić information content (AvgIpc) is 2.92. The zero-order valence-corrected chi connectivity index (χ0v) is 13.0. The van der Waals surface area contributed by atoms with Crippen LogP contribution in [0.3, 0.4) is 0 Å². The SMILES string of the molecule is CCN1CCCC1CN(C)c1nc(C)cc(/C(N)=N/O)n1. The van der Waals surface area contributed by atoms with Crippen molar-refractivity contribution in [1.82, 2.24) is 14.9 Å². The van der Waals surface area contributed by atoms with E-state index in [-0.39, 0.29) is 5.84 Å². The van der Waals surface area contributed by atoms with Gasteiger partial charge in [-0.2, -0.15) is 0 Å². The summed E-state index contributed by atoms with van der Waals surface area (Å²) in [6, 6.07) is 2.25. The summed E-state index contributed by atoms with van der Waals surface area (Å²) in [4.78, 5) is 13.3. The quantitative estimate of drug-likeness (QED) is 0.361. The number of likely N-dealkylation sites (N-methyl/N-ethyl adjacent to an activating group) is 2. The van der Waals surface area contributed by atoms with Gasteiger partial charge in [0, 0.05) is 25.3 Å². The molecule has 1 aliphatic rings. The van der Waals surface area contributed by atoms with Crippen molar-refractivity contribution in [1.29, 1.82) is 0 Å². The molecule has 1 saturated heterocycles. The third-order valence-electron chi connectivity index (χ3n) is 3.94. The number of aromatic nitrogens is 2. The third-order valence-corrected chi connectivity index (χ3v) is 3.94. The van der Waals surface area contributed by atoms with E-state index in [4.69, 9.17) is 10.9 Å². The van der Waals surface area contributed by atoms with Crippen molar-refractivity contribution in [3.05, 3.63) is 17.5 Å². The van der Waals surface area contributed by atoms with E-state index in [0.29, 0.717) is 17.7 Å². The van der Waals surface area contributed by atoms with Crippen LogP contribution in [0.2, 0.25) is 0 Å². The third kappa shape index (κ3) is 3.60. The molecule has 1 aromatic heterocycles. The van der Waals surface area contributed by atoms with Crippen molar-refractivity contribution in [3.8, 4) is 0 Å². The van der Waals surface area contributed by atoms with Gasteiger partial charge in [-0.3, -0.25) is 4.90 Å². The molecule has 1 aromatic rings. The Hall–Kier alpha value is -1.89. The minimum atomic E-state index is 0.00574. The van der Waals surface area contributed by atoms with Gasteiger partial charge in [-0.15, -0.1) is 0 Å². The highest BCUT2D eigenvalue weighted by atomic mass is 16.4. The maximum atomic E-state index is 8.79. The lowest BCUT2D eigenvalue weighted by molar-refractivity contribution is 0.270. The first-order valence-corrected chi connectivity index (χ1v) is 7.34. The van der Waals surface area contributed by atoms with Gasteiger partial charge in [-0.25, -0.2) is 9.97 Å². The lowest BCUT2D eigenvalue weighted by Crippen LogP contribution is -2.39. The highest BCUT2D eigenvalue weighted by Crippen LogP contribution is 2.19. The summed E-state index contributed by atoms with van der Waals surface area (Å²) in [6.45, 7) is 7.19. The van der Waals surface area contributed by atoms with Crippen molar-refractivity contribution in [3.63, 3.8) is 0 Å². The van der Waals surface area contributed by atoms with Crippen molar-refractivity contribution in [2.75, 3.05) is 31.6 Å². The number of amidine groups is 1. The first-order chi connectivity index (χ1) is 10.0. The van der Waals surface area contributed by atoms with Gasteiger partial charge in [0.05, 0.1) is 0 Å². The molecule has 0 bridgehead atoms. The number of nitrogens with zero attached hydrogens (tertiary/aromatic N) is 5. The predicted octanol–water partition coefficient (Wildman–Crippen LogP) is 0.800. The van der Waals surface area contributed by atoms with Crippen LogP contribution in [0, 0.1) is 6.92 Å². The van der Waals surface area contributed by atoms with Crippen molar-refractivity contribution < 1.29 is 5.21 Å². The fraction of sp³-hybridized carbons (Fsp3) is 0.643. The number of nitrogens with two attached hydrogens (primary N) is 1. The summed E-state index contributed by atoms with van der Waals surface area (Å²) in [7, 11) is 1.98. The number of likely N-dealkylation sites (tertiary alicyclic amines) is 1. The fourth-order valence-corrected chi connectivity index (χ4v) is 2.82. The van der Waals surface area contributed by atoms with Gasteiger partial charge in [-0.1, -0.05) is 12.1 Å². The number of aryl methyl sites for hydroxylation is 1. The maximum Gasteiger partial charge on any atom is 0.226 e. The molecule has 1 unspecified atom stereocenters. The largest absolute Gasteiger partial charge is 0.409 e. The molecular weight excluding hydrogens is 268 g/mol. The normalized spacial score (nSPS) is 20.0. The van der Waals surface area contributed by atoms with Crippen molar-refractivity contribution >= 4 is 11.8 Å². The van der Waals surface area contributed by atoms with Gasteiger partial charge in [0.25, 0.3) is 0 Å². The summed E-state index contributed by atoms with van der Waals surface area (Å²) in [5.74, 6) is 0.616. The topological polar surface area (TPSA) is 90.9 Å². The molecule has 0 aromatic carbocycles. The number of anilines is 1. The van der Waals surface area contributed by atoms with Crippen LogP contribution in [0.4, 0.5) is 5.95 Å². The molecule has 0 saturated carbocycles. The summed E-state index contributed by atoms with van der Waals surface area (Å²) in [5, 5.41) is 11.8. The second kappa shape index (κ2) is 6.71. The van der Waals surface area contributed by atoms with Crippen molar-refractivity contribution in [2.24, 2.45) is 10.9 Å². The number of hydrogen-bond acceptors (Lipinski definition) is 6. The van der Waals surface area contributed by atoms with Crippen LogP contribution in [-0.2, 0) is 0 Å². The molecule has 7 nitrogen and oxygen atoms in total. The van der Waals surface area contributed by atoms with Crippen LogP contribution in [-0.4, -0.2) is 58.6 Å². The predicted molar refractivity (Wildman–Crippen MR) is 82.8 cm³/mol. The van der Waals surface area contributed by atoms with Gasteiger partial charge < -0.3 is 15.8 Å². The molecular formula is C14H24N6O. The standard InChI is InChI=1S/C14H24N6O/c1-4-20-7-5-6-11(20)9-19(3)14-16-10(2)8-12(17-14)13(15)18-21/h8,11,21H,4-7,9H2,1-3H3,(H2,15,18). The highest BCUT2D eigenvalue weighted by Gasteiger charge is 2.25. The van der Waals surface area contributed by atoms with E-state index in [1.165, 1.54) is 19.4 Å².